The number of aryl methyl sites for hydroxylation is 1. The second kappa shape index (κ2) is 4.97. The van der Waals surface area contributed by atoms with Crippen molar-refractivity contribution in [1.29, 1.82) is 0 Å². The van der Waals surface area contributed by atoms with E-state index < -0.39 is 0 Å². The van der Waals surface area contributed by atoms with Crippen LogP contribution in [0.4, 0.5) is 0 Å². The Morgan fingerprint density at radius 2 is 2.07 bits per heavy atom. The van der Waals surface area contributed by atoms with E-state index in [9.17, 15) is 0 Å². The van der Waals surface area contributed by atoms with E-state index in [2.05, 4.69) is 29.3 Å². The van der Waals surface area contributed by atoms with Gasteiger partial charge in [0.25, 0.3) is 0 Å². The molecule has 15 heavy (non-hydrogen) atoms. The Morgan fingerprint density at radius 3 is 2.73 bits per heavy atom. The minimum absolute atomic E-state index is 0.860. The molecule has 0 aliphatic carbocycles. The number of rotatable bonds is 2. The van der Waals surface area contributed by atoms with Gasteiger partial charge in [0.1, 0.15) is 0 Å². The quantitative estimate of drug-likeness (QED) is 0.828. The van der Waals surface area contributed by atoms with Crippen molar-refractivity contribution in [2.45, 2.75) is 13.5 Å². The smallest absolute Gasteiger partial charge is 0.0435 e. The second-order valence-corrected chi connectivity index (χ2v) is 4.52. The largest absolute Gasteiger partial charge is 0.314 e. The van der Waals surface area contributed by atoms with Gasteiger partial charge in [0.05, 0.1) is 0 Å². The van der Waals surface area contributed by atoms with Crippen LogP contribution in [0.3, 0.4) is 0 Å². The minimum Gasteiger partial charge on any atom is -0.314 e. The molecule has 1 saturated heterocycles. The zero-order valence-electron chi connectivity index (χ0n) is 9.09. The van der Waals surface area contributed by atoms with Crippen molar-refractivity contribution in [3.05, 3.63) is 34.3 Å². The molecule has 0 amide bonds. The first-order chi connectivity index (χ1) is 7.25. The lowest BCUT2D eigenvalue weighted by Crippen LogP contribution is -2.42. The normalized spacial score (nSPS) is 18.0. The number of hydrogen-bond donors (Lipinski definition) is 1. The van der Waals surface area contributed by atoms with Crippen LogP contribution in [-0.4, -0.2) is 31.1 Å². The van der Waals surface area contributed by atoms with E-state index in [0.717, 1.165) is 37.7 Å². The molecule has 1 fully saturated rings. The van der Waals surface area contributed by atoms with E-state index in [1.807, 2.05) is 6.07 Å². The second-order valence-electron chi connectivity index (χ2n) is 4.11. The van der Waals surface area contributed by atoms with Gasteiger partial charge in [-0.3, -0.25) is 4.90 Å². The SMILES string of the molecule is Cc1cc(CN2CCNCC2)ccc1Cl. The van der Waals surface area contributed by atoms with E-state index >= 15 is 0 Å². The zero-order chi connectivity index (χ0) is 10.7. The maximum absolute atomic E-state index is 6.00. The number of nitrogens with zero attached hydrogens (tertiary/aromatic N) is 1. The van der Waals surface area contributed by atoms with Gasteiger partial charge in [-0.15, -0.1) is 0 Å². The van der Waals surface area contributed by atoms with E-state index in [1.165, 1.54) is 11.1 Å². The van der Waals surface area contributed by atoms with Crippen LogP contribution in [0.1, 0.15) is 11.1 Å². The molecule has 0 saturated carbocycles. The highest BCUT2D eigenvalue weighted by Gasteiger charge is 2.09. The van der Waals surface area contributed by atoms with Crippen LogP contribution in [0, 0.1) is 6.92 Å². The molecule has 0 bridgehead atoms. The number of benzene rings is 1. The summed E-state index contributed by atoms with van der Waals surface area (Å²) in [5.41, 5.74) is 2.53. The number of hydrogen-bond acceptors (Lipinski definition) is 2. The van der Waals surface area contributed by atoms with Gasteiger partial charge in [0, 0.05) is 37.7 Å². The number of nitrogens with one attached hydrogen (secondary N) is 1. The molecule has 1 aliphatic heterocycles. The van der Waals surface area contributed by atoms with Crippen molar-refractivity contribution in [2.75, 3.05) is 26.2 Å². The molecular weight excluding hydrogens is 208 g/mol. The van der Waals surface area contributed by atoms with Crippen molar-refractivity contribution in [2.24, 2.45) is 0 Å². The molecule has 1 aromatic rings. The van der Waals surface area contributed by atoms with Crippen LogP contribution in [0.15, 0.2) is 18.2 Å². The Bertz CT molecular complexity index is 332. The summed E-state index contributed by atoms with van der Waals surface area (Å²) in [7, 11) is 0. The van der Waals surface area contributed by atoms with Gasteiger partial charge >= 0.3 is 0 Å². The van der Waals surface area contributed by atoms with E-state index in [1.54, 1.807) is 0 Å². The fourth-order valence-electron chi connectivity index (χ4n) is 1.93. The summed E-state index contributed by atoms with van der Waals surface area (Å²) in [5.74, 6) is 0. The standard InChI is InChI=1S/C12H17ClN2/c1-10-8-11(2-3-12(10)13)9-15-6-4-14-5-7-15/h2-3,8,14H,4-7,9H2,1H3. The first-order valence-electron chi connectivity index (χ1n) is 5.44. The molecule has 0 aromatic heterocycles. The highest BCUT2D eigenvalue weighted by atomic mass is 35.5. The summed E-state index contributed by atoms with van der Waals surface area (Å²) in [5, 5.41) is 4.22. The average Bonchev–Trinajstić information content (AvgIpc) is 2.25. The summed E-state index contributed by atoms with van der Waals surface area (Å²) < 4.78 is 0. The van der Waals surface area contributed by atoms with E-state index in [4.69, 9.17) is 11.6 Å². The summed E-state index contributed by atoms with van der Waals surface area (Å²) in [6.45, 7) is 7.59. The van der Waals surface area contributed by atoms with Crippen molar-refractivity contribution in [3.63, 3.8) is 0 Å². The highest BCUT2D eigenvalue weighted by molar-refractivity contribution is 6.31. The summed E-state index contributed by atoms with van der Waals surface area (Å²) >= 11 is 6.00. The Labute approximate surface area is 96.2 Å². The number of piperazine rings is 1. The van der Waals surface area contributed by atoms with Gasteiger partial charge in [0.15, 0.2) is 0 Å². The molecule has 0 atom stereocenters. The van der Waals surface area contributed by atoms with Gasteiger partial charge in [-0.2, -0.15) is 0 Å². The average molecular weight is 225 g/mol. The summed E-state index contributed by atoms with van der Waals surface area (Å²) in [6.07, 6.45) is 0. The number of halogens is 1. The van der Waals surface area contributed by atoms with Crippen LogP contribution in [0.5, 0.6) is 0 Å². The molecule has 82 valence electrons. The molecule has 1 aliphatic rings. The lowest BCUT2D eigenvalue weighted by molar-refractivity contribution is 0.233. The third-order valence-electron chi connectivity index (χ3n) is 2.84. The van der Waals surface area contributed by atoms with Crippen LogP contribution in [0.25, 0.3) is 0 Å². The van der Waals surface area contributed by atoms with E-state index in [-0.39, 0.29) is 0 Å². The van der Waals surface area contributed by atoms with Gasteiger partial charge in [-0.1, -0.05) is 23.7 Å². The van der Waals surface area contributed by atoms with E-state index in [0.29, 0.717) is 0 Å². The Morgan fingerprint density at radius 1 is 1.33 bits per heavy atom. The Balaban J connectivity index is 2.00. The maximum Gasteiger partial charge on any atom is 0.0435 e. The molecule has 1 N–H and O–H groups in total. The molecule has 1 heterocycles. The predicted octanol–water partition coefficient (Wildman–Crippen LogP) is 2.05. The van der Waals surface area contributed by atoms with Crippen molar-refractivity contribution < 1.29 is 0 Å². The topological polar surface area (TPSA) is 15.3 Å². The van der Waals surface area contributed by atoms with Crippen molar-refractivity contribution in [3.8, 4) is 0 Å². The maximum atomic E-state index is 6.00. The lowest BCUT2D eigenvalue weighted by Gasteiger charge is -2.27. The van der Waals surface area contributed by atoms with Crippen LogP contribution < -0.4 is 5.32 Å². The Hall–Kier alpha value is -0.570. The lowest BCUT2D eigenvalue weighted by atomic mass is 10.1. The Kier molecular flexibility index (Phi) is 3.62. The molecule has 1 aromatic carbocycles. The molecule has 0 unspecified atom stereocenters. The highest BCUT2D eigenvalue weighted by Crippen LogP contribution is 2.17. The summed E-state index contributed by atoms with van der Waals surface area (Å²) in [6, 6.07) is 6.30. The molecule has 2 nitrogen and oxygen atoms in total. The first kappa shape index (κ1) is 10.9. The zero-order valence-corrected chi connectivity index (χ0v) is 9.85. The summed E-state index contributed by atoms with van der Waals surface area (Å²) in [4.78, 5) is 2.47. The van der Waals surface area contributed by atoms with Crippen LogP contribution >= 0.6 is 11.6 Å². The fourth-order valence-corrected chi connectivity index (χ4v) is 2.05. The van der Waals surface area contributed by atoms with Crippen LogP contribution in [-0.2, 0) is 6.54 Å². The monoisotopic (exact) mass is 224 g/mol. The molecule has 0 radical (unpaired) electrons. The van der Waals surface area contributed by atoms with Gasteiger partial charge in [-0.25, -0.2) is 0 Å². The van der Waals surface area contributed by atoms with Gasteiger partial charge in [0.2, 0.25) is 0 Å². The van der Waals surface area contributed by atoms with Gasteiger partial charge in [-0.05, 0) is 24.1 Å². The molecular formula is C12H17ClN2. The molecule has 2 rings (SSSR count). The van der Waals surface area contributed by atoms with Crippen molar-refractivity contribution >= 4 is 11.6 Å². The first-order valence-corrected chi connectivity index (χ1v) is 5.81. The van der Waals surface area contributed by atoms with Crippen LogP contribution in [0.2, 0.25) is 5.02 Å². The van der Waals surface area contributed by atoms with Gasteiger partial charge < -0.3 is 5.32 Å². The predicted molar refractivity (Wildman–Crippen MR) is 64.3 cm³/mol. The third-order valence-corrected chi connectivity index (χ3v) is 3.26. The van der Waals surface area contributed by atoms with Crippen molar-refractivity contribution in [1.82, 2.24) is 10.2 Å². The minimum atomic E-state index is 0.860. The third kappa shape index (κ3) is 2.94. The molecule has 3 heteroatoms. The molecule has 0 spiro atoms. The fraction of sp³-hybridized carbons (Fsp3) is 0.500.